The zero-order valence-electron chi connectivity index (χ0n) is 11.8. The first-order chi connectivity index (χ1) is 9.75. The second kappa shape index (κ2) is 6.83. The summed E-state index contributed by atoms with van der Waals surface area (Å²) >= 11 is 1.92. The van der Waals surface area contributed by atoms with Crippen molar-refractivity contribution in [3.8, 4) is 6.07 Å². The summed E-state index contributed by atoms with van der Waals surface area (Å²) in [6.07, 6.45) is 0. The molecule has 0 aliphatic carbocycles. The van der Waals surface area contributed by atoms with Crippen molar-refractivity contribution in [3.63, 3.8) is 0 Å². The molecule has 106 valence electrons. The number of nitriles is 1. The van der Waals surface area contributed by atoms with Gasteiger partial charge in [0.15, 0.2) is 5.54 Å². The summed E-state index contributed by atoms with van der Waals surface area (Å²) in [5, 5.41) is 9.94. The lowest BCUT2D eigenvalue weighted by Crippen LogP contribution is -2.50. The van der Waals surface area contributed by atoms with Crippen LogP contribution in [0.25, 0.3) is 0 Å². The molecule has 4 heteroatoms. The molecular weight excluding hydrogens is 268 g/mol. The molecule has 20 heavy (non-hydrogen) atoms. The van der Waals surface area contributed by atoms with Crippen LogP contribution in [0.4, 0.5) is 0 Å². The van der Waals surface area contributed by atoms with Crippen LogP contribution in [-0.2, 0) is 10.3 Å². The molecule has 1 aromatic rings. The molecule has 0 unspecified atom stereocenters. The van der Waals surface area contributed by atoms with E-state index in [-0.39, 0.29) is 0 Å². The lowest BCUT2D eigenvalue weighted by atomic mass is 9.87. The highest BCUT2D eigenvalue weighted by Gasteiger charge is 2.43. The Bertz CT molecular complexity index is 491. The van der Waals surface area contributed by atoms with Gasteiger partial charge in [-0.2, -0.15) is 17.0 Å². The SMILES string of the molecule is C=C(OCC)[C@](C#N)(c1ccccc1)N1CCSCC1. The average Bonchev–Trinajstić information content (AvgIpc) is 2.51. The van der Waals surface area contributed by atoms with Gasteiger partial charge >= 0.3 is 0 Å². The second-order valence-corrected chi connectivity index (χ2v) is 5.87. The maximum absolute atomic E-state index is 9.94. The van der Waals surface area contributed by atoms with Crippen LogP contribution in [0.3, 0.4) is 0 Å². The first-order valence-corrected chi connectivity index (χ1v) is 8.03. The van der Waals surface area contributed by atoms with Crippen LogP contribution in [0.2, 0.25) is 0 Å². The van der Waals surface area contributed by atoms with Crippen molar-refractivity contribution >= 4 is 11.8 Å². The number of rotatable bonds is 5. The van der Waals surface area contributed by atoms with E-state index in [1.165, 1.54) is 0 Å². The third-order valence-corrected chi connectivity index (χ3v) is 4.50. The van der Waals surface area contributed by atoms with Gasteiger partial charge in [0.1, 0.15) is 5.76 Å². The fourth-order valence-electron chi connectivity index (χ4n) is 2.57. The predicted molar refractivity (Wildman–Crippen MR) is 83.4 cm³/mol. The van der Waals surface area contributed by atoms with Gasteiger partial charge in [-0.05, 0) is 12.5 Å². The Morgan fingerprint density at radius 2 is 2.05 bits per heavy atom. The number of hydrogen-bond acceptors (Lipinski definition) is 4. The zero-order chi connectivity index (χ0) is 14.4. The van der Waals surface area contributed by atoms with Crippen LogP contribution in [0, 0.1) is 11.3 Å². The zero-order valence-corrected chi connectivity index (χ0v) is 12.7. The number of ether oxygens (including phenoxy) is 1. The Kier molecular flexibility index (Phi) is 5.11. The normalized spacial score (nSPS) is 18.8. The summed E-state index contributed by atoms with van der Waals surface area (Å²) in [6, 6.07) is 12.3. The van der Waals surface area contributed by atoms with Gasteiger partial charge in [-0.25, -0.2) is 0 Å². The fourth-order valence-corrected chi connectivity index (χ4v) is 3.48. The molecule has 0 N–H and O–H groups in total. The molecule has 1 fully saturated rings. The third kappa shape index (κ3) is 2.70. The van der Waals surface area contributed by atoms with E-state index in [2.05, 4.69) is 17.5 Å². The van der Waals surface area contributed by atoms with E-state index >= 15 is 0 Å². The monoisotopic (exact) mass is 288 g/mol. The van der Waals surface area contributed by atoms with E-state index in [4.69, 9.17) is 4.74 Å². The second-order valence-electron chi connectivity index (χ2n) is 4.64. The van der Waals surface area contributed by atoms with E-state index < -0.39 is 5.54 Å². The van der Waals surface area contributed by atoms with Crippen molar-refractivity contribution in [3.05, 3.63) is 48.2 Å². The Balaban J connectivity index is 2.46. The number of nitrogens with zero attached hydrogens (tertiary/aromatic N) is 2. The Hall–Kier alpha value is -1.44. The molecule has 0 amide bonds. The molecule has 1 aliphatic rings. The highest BCUT2D eigenvalue weighted by Crippen LogP contribution is 2.36. The molecular formula is C16H20N2OS. The van der Waals surface area contributed by atoms with Crippen LogP contribution in [0.5, 0.6) is 0 Å². The van der Waals surface area contributed by atoms with E-state index in [1.807, 2.05) is 49.0 Å². The molecule has 1 atom stereocenters. The summed E-state index contributed by atoms with van der Waals surface area (Å²) in [5.74, 6) is 2.60. The van der Waals surface area contributed by atoms with Crippen molar-refractivity contribution in [1.82, 2.24) is 4.90 Å². The predicted octanol–water partition coefficient (Wildman–Crippen LogP) is 3.00. The van der Waals surface area contributed by atoms with Crippen molar-refractivity contribution in [1.29, 1.82) is 5.26 Å². The molecule has 0 bridgehead atoms. The van der Waals surface area contributed by atoms with Gasteiger partial charge in [0, 0.05) is 24.6 Å². The third-order valence-electron chi connectivity index (χ3n) is 3.56. The maximum Gasteiger partial charge on any atom is 0.191 e. The first kappa shape index (κ1) is 15.0. The topological polar surface area (TPSA) is 36.3 Å². The molecule has 1 heterocycles. The van der Waals surface area contributed by atoms with Crippen LogP contribution in [0.15, 0.2) is 42.7 Å². The first-order valence-electron chi connectivity index (χ1n) is 6.87. The largest absolute Gasteiger partial charge is 0.495 e. The Morgan fingerprint density at radius 1 is 1.40 bits per heavy atom. The average molecular weight is 288 g/mol. The summed E-state index contributed by atoms with van der Waals surface area (Å²) in [6.45, 7) is 8.24. The van der Waals surface area contributed by atoms with Crippen molar-refractivity contribution in [2.45, 2.75) is 12.5 Å². The van der Waals surface area contributed by atoms with Crippen LogP contribution < -0.4 is 0 Å². The maximum atomic E-state index is 9.94. The number of thioether (sulfide) groups is 1. The lowest BCUT2D eigenvalue weighted by Gasteiger charge is -2.41. The van der Waals surface area contributed by atoms with E-state index in [1.54, 1.807) is 0 Å². The lowest BCUT2D eigenvalue weighted by molar-refractivity contribution is 0.0950. The van der Waals surface area contributed by atoms with Crippen LogP contribution in [0.1, 0.15) is 12.5 Å². The standard InChI is InChI=1S/C16H20N2OS/c1-3-19-14(2)16(13-17,15-7-5-4-6-8-15)18-9-11-20-12-10-18/h4-8H,2-3,9-12H2,1H3/t16-/m1/s1. The van der Waals surface area contributed by atoms with Gasteiger partial charge in [0.2, 0.25) is 0 Å². The Morgan fingerprint density at radius 3 is 2.60 bits per heavy atom. The van der Waals surface area contributed by atoms with E-state index in [0.29, 0.717) is 12.4 Å². The number of hydrogen-bond donors (Lipinski definition) is 0. The summed E-state index contributed by atoms with van der Waals surface area (Å²) < 4.78 is 5.64. The van der Waals surface area contributed by atoms with E-state index in [0.717, 1.165) is 30.2 Å². The minimum absolute atomic E-state index is 0.525. The van der Waals surface area contributed by atoms with Gasteiger partial charge in [0.25, 0.3) is 0 Å². The van der Waals surface area contributed by atoms with Crippen molar-refractivity contribution in [2.24, 2.45) is 0 Å². The van der Waals surface area contributed by atoms with Crippen molar-refractivity contribution < 1.29 is 4.74 Å². The van der Waals surface area contributed by atoms with Gasteiger partial charge in [-0.15, -0.1) is 0 Å². The smallest absolute Gasteiger partial charge is 0.191 e. The molecule has 0 aromatic heterocycles. The fraction of sp³-hybridized carbons (Fsp3) is 0.438. The van der Waals surface area contributed by atoms with Crippen molar-refractivity contribution in [2.75, 3.05) is 31.2 Å². The number of benzene rings is 1. The van der Waals surface area contributed by atoms with Gasteiger partial charge in [-0.1, -0.05) is 36.9 Å². The summed E-state index contributed by atoms with van der Waals surface area (Å²) in [4.78, 5) is 2.19. The summed E-state index contributed by atoms with van der Waals surface area (Å²) in [7, 11) is 0. The molecule has 3 nitrogen and oxygen atoms in total. The molecule has 2 rings (SSSR count). The molecule has 1 aliphatic heterocycles. The highest BCUT2D eigenvalue weighted by molar-refractivity contribution is 7.99. The van der Waals surface area contributed by atoms with Gasteiger partial charge < -0.3 is 4.74 Å². The van der Waals surface area contributed by atoms with Crippen LogP contribution >= 0.6 is 11.8 Å². The van der Waals surface area contributed by atoms with Gasteiger partial charge in [-0.3, -0.25) is 4.90 Å². The minimum atomic E-state index is -0.877. The molecule has 1 aromatic carbocycles. The Labute approximate surface area is 125 Å². The molecule has 0 saturated carbocycles. The van der Waals surface area contributed by atoms with E-state index in [9.17, 15) is 5.26 Å². The quantitative estimate of drug-likeness (QED) is 0.780. The highest BCUT2D eigenvalue weighted by atomic mass is 32.2. The molecule has 1 saturated heterocycles. The molecule has 0 radical (unpaired) electrons. The van der Waals surface area contributed by atoms with Gasteiger partial charge in [0.05, 0.1) is 12.7 Å². The minimum Gasteiger partial charge on any atom is -0.495 e. The molecule has 0 spiro atoms. The summed E-state index contributed by atoms with van der Waals surface area (Å²) in [5.41, 5.74) is 0.0611. The van der Waals surface area contributed by atoms with Crippen LogP contribution in [-0.4, -0.2) is 36.1 Å².